The molecule has 2 aliphatic heterocycles. The molecule has 0 bridgehead atoms. The molecule has 1 aromatic heterocycles. The molecule has 0 spiro atoms. The molecular formula is C20H15ClN2O3. The predicted octanol–water partition coefficient (Wildman–Crippen LogP) is 4.88. The van der Waals surface area contributed by atoms with Crippen molar-refractivity contribution in [1.82, 2.24) is 5.01 Å². The Balaban J connectivity index is 1.61. The molecule has 0 unspecified atom stereocenters. The fraction of sp³-hybridized carbons (Fsp3) is 0.150. The van der Waals surface area contributed by atoms with Gasteiger partial charge < -0.3 is 14.3 Å². The van der Waals surface area contributed by atoms with E-state index in [1.165, 1.54) is 0 Å². The highest BCUT2D eigenvalue weighted by Crippen LogP contribution is 2.48. The summed E-state index contributed by atoms with van der Waals surface area (Å²) in [5, 5.41) is 17.2. The van der Waals surface area contributed by atoms with E-state index in [0.29, 0.717) is 17.2 Å². The topological polar surface area (TPSA) is 58.2 Å². The third kappa shape index (κ3) is 2.44. The lowest BCUT2D eigenvalue weighted by atomic mass is 9.96. The molecular weight excluding hydrogens is 352 g/mol. The average molecular weight is 367 g/mol. The number of hydrogen-bond donors (Lipinski definition) is 1. The molecule has 5 rings (SSSR count). The van der Waals surface area contributed by atoms with E-state index in [4.69, 9.17) is 25.9 Å². The van der Waals surface area contributed by atoms with E-state index < -0.39 is 6.23 Å². The van der Waals surface area contributed by atoms with Gasteiger partial charge in [-0.2, -0.15) is 5.10 Å². The van der Waals surface area contributed by atoms with E-state index in [-0.39, 0.29) is 11.8 Å². The number of rotatable bonds is 2. The fourth-order valence-electron chi connectivity index (χ4n) is 3.54. The number of ether oxygens (including phenoxy) is 1. The van der Waals surface area contributed by atoms with Crippen LogP contribution in [0, 0.1) is 0 Å². The molecule has 2 aliphatic rings. The minimum atomic E-state index is -0.446. The summed E-state index contributed by atoms with van der Waals surface area (Å²) >= 11 is 6.21. The number of halogens is 1. The lowest BCUT2D eigenvalue weighted by Crippen LogP contribution is -2.33. The number of fused-ring (bicyclic) bond motifs is 3. The van der Waals surface area contributed by atoms with E-state index in [2.05, 4.69) is 0 Å². The van der Waals surface area contributed by atoms with Crippen LogP contribution in [-0.2, 0) is 0 Å². The molecule has 0 aliphatic carbocycles. The van der Waals surface area contributed by atoms with Crippen LogP contribution in [0.5, 0.6) is 11.5 Å². The SMILES string of the molecule is Oc1cccc(C2=NN3[C@@H](C2)c2cc(Cl)ccc2O[C@H]3c2ccco2)c1. The van der Waals surface area contributed by atoms with Crippen molar-refractivity contribution >= 4 is 17.3 Å². The van der Waals surface area contributed by atoms with Crippen molar-refractivity contribution in [2.75, 3.05) is 0 Å². The highest BCUT2D eigenvalue weighted by Gasteiger charge is 2.42. The maximum absolute atomic E-state index is 9.80. The molecule has 0 radical (unpaired) electrons. The first-order chi connectivity index (χ1) is 12.7. The molecule has 2 atom stereocenters. The van der Waals surface area contributed by atoms with Gasteiger partial charge in [-0.25, -0.2) is 5.01 Å². The monoisotopic (exact) mass is 366 g/mol. The summed E-state index contributed by atoms with van der Waals surface area (Å²) in [6.07, 6.45) is 1.87. The number of phenolic OH excluding ortho intramolecular Hbond substituents is 1. The Morgan fingerprint density at radius 3 is 2.85 bits per heavy atom. The van der Waals surface area contributed by atoms with Crippen LogP contribution in [0.4, 0.5) is 0 Å². The van der Waals surface area contributed by atoms with Crippen LogP contribution in [0.2, 0.25) is 5.02 Å². The van der Waals surface area contributed by atoms with Crippen LogP contribution >= 0.6 is 11.6 Å². The van der Waals surface area contributed by atoms with Crippen molar-refractivity contribution in [3.8, 4) is 11.5 Å². The third-order valence-electron chi connectivity index (χ3n) is 4.72. The van der Waals surface area contributed by atoms with Crippen molar-refractivity contribution < 1.29 is 14.3 Å². The Hall–Kier alpha value is -2.92. The number of benzene rings is 2. The van der Waals surface area contributed by atoms with Crippen LogP contribution in [-0.4, -0.2) is 15.8 Å². The summed E-state index contributed by atoms with van der Waals surface area (Å²) in [5.41, 5.74) is 2.78. The lowest BCUT2D eigenvalue weighted by molar-refractivity contribution is -0.0325. The zero-order chi connectivity index (χ0) is 17.7. The van der Waals surface area contributed by atoms with Gasteiger partial charge in [0.25, 0.3) is 0 Å². The third-order valence-corrected chi connectivity index (χ3v) is 4.95. The molecule has 130 valence electrons. The summed E-state index contributed by atoms with van der Waals surface area (Å²) in [7, 11) is 0. The Bertz CT molecular complexity index is 1000. The van der Waals surface area contributed by atoms with Crippen molar-refractivity contribution in [3.63, 3.8) is 0 Å². The number of furan rings is 1. The molecule has 1 N–H and O–H groups in total. The summed E-state index contributed by atoms with van der Waals surface area (Å²) in [4.78, 5) is 0. The van der Waals surface area contributed by atoms with Crippen LogP contribution in [0.1, 0.15) is 35.6 Å². The van der Waals surface area contributed by atoms with E-state index in [1.54, 1.807) is 18.4 Å². The van der Waals surface area contributed by atoms with Gasteiger partial charge in [-0.1, -0.05) is 23.7 Å². The van der Waals surface area contributed by atoms with Gasteiger partial charge in [0.05, 0.1) is 18.0 Å². The Kier molecular flexibility index (Phi) is 3.43. The fourth-order valence-corrected chi connectivity index (χ4v) is 3.72. The molecule has 0 amide bonds. The quantitative estimate of drug-likeness (QED) is 0.702. The highest BCUT2D eigenvalue weighted by atomic mass is 35.5. The average Bonchev–Trinajstić information content (AvgIpc) is 3.31. The summed E-state index contributed by atoms with van der Waals surface area (Å²) in [6, 6.07) is 16.5. The molecule has 0 fully saturated rings. The normalized spacial score (nSPS) is 21.0. The number of hydrogen-bond acceptors (Lipinski definition) is 5. The molecule has 0 saturated carbocycles. The molecule has 0 saturated heterocycles. The van der Waals surface area contributed by atoms with Gasteiger partial charge in [0, 0.05) is 22.6 Å². The molecule has 5 nitrogen and oxygen atoms in total. The van der Waals surface area contributed by atoms with E-state index in [9.17, 15) is 5.11 Å². The van der Waals surface area contributed by atoms with Gasteiger partial charge in [-0.3, -0.25) is 0 Å². The zero-order valence-electron chi connectivity index (χ0n) is 13.7. The van der Waals surface area contributed by atoms with E-state index >= 15 is 0 Å². The first-order valence-corrected chi connectivity index (χ1v) is 8.71. The number of nitrogens with zero attached hydrogens (tertiary/aromatic N) is 2. The Morgan fingerprint density at radius 2 is 2.04 bits per heavy atom. The number of phenols is 1. The predicted molar refractivity (Wildman–Crippen MR) is 97.4 cm³/mol. The van der Waals surface area contributed by atoms with Gasteiger partial charge in [0.15, 0.2) is 5.76 Å². The minimum Gasteiger partial charge on any atom is -0.508 e. The smallest absolute Gasteiger partial charge is 0.246 e. The lowest BCUT2D eigenvalue weighted by Gasteiger charge is -2.36. The molecule has 3 aromatic rings. The van der Waals surface area contributed by atoms with Gasteiger partial charge in [-0.15, -0.1) is 0 Å². The highest BCUT2D eigenvalue weighted by molar-refractivity contribution is 6.30. The maximum Gasteiger partial charge on any atom is 0.246 e. The zero-order valence-corrected chi connectivity index (χ0v) is 14.4. The summed E-state index contributed by atoms with van der Waals surface area (Å²) in [6.45, 7) is 0. The minimum absolute atomic E-state index is 0.00935. The van der Waals surface area contributed by atoms with Crippen LogP contribution < -0.4 is 4.74 Å². The maximum atomic E-state index is 9.80. The van der Waals surface area contributed by atoms with Gasteiger partial charge in [-0.05, 0) is 42.5 Å². The standard InChI is InChI=1S/C20H15ClN2O3/c21-13-6-7-18-15(10-13)17-11-16(12-3-1-4-14(24)9-12)22-23(17)20(26-18)19-5-2-8-25-19/h1-10,17,20,24H,11H2/t17-,20-/m0/s1. The number of hydrazone groups is 1. The second-order valence-corrected chi connectivity index (χ2v) is 6.80. The second-order valence-electron chi connectivity index (χ2n) is 6.36. The van der Waals surface area contributed by atoms with Crippen molar-refractivity contribution in [2.24, 2.45) is 5.10 Å². The second kappa shape index (κ2) is 5.81. The van der Waals surface area contributed by atoms with Crippen LogP contribution in [0.25, 0.3) is 0 Å². The van der Waals surface area contributed by atoms with Gasteiger partial charge in [0.1, 0.15) is 11.5 Å². The van der Waals surface area contributed by atoms with Crippen LogP contribution in [0.15, 0.2) is 70.4 Å². The van der Waals surface area contributed by atoms with Crippen molar-refractivity contribution in [3.05, 3.63) is 82.8 Å². The van der Waals surface area contributed by atoms with E-state index in [1.807, 2.05) is 47.5 Å². The van der Waals surface area contributed by atoms with Crippen molar-refractivity contribution in [1.29, 1.82) is 0 Å². The number of aromatic hydroxyl groups is 1. The summed E-state index contributed by atoms with van der Waals surface area (Å²) < 4.78 is 11.7. The first kappa shape index (κ1) is 15.3. The largest absolute Gasteiger partial charge is 0.508 e. The molecule has 26 heavy (non-hydrogen) atoms. The molecule has 3 heterocycles. The summed E-state index contributed by atoms with van der Waals surface area (Å²) in [5.74, 6) is 1.69. The molecule has 6 heteroatoms. The Labute approximate surface area is 155 Å². The van der Waals surface area contributed by atoms with E-state index in [0.717, 1.165) is 22.6 Å². The van der Waals surface area contributed by atoms with Gasteiger partial charge >= 0.3 is 0 Å². The molecule has 2 aromatic carbocycles. The van der Waals surface area contributed by atoms with Gasteiger partial charge in [0.2, 0.25) is 6.23 Å². The van der Waals surface area contributed by atoms with Crippen LogP contribution in [0.3, 0.4) is 0 Å². The Morgan fingerprint density at radius 1 is 1.12 bits per heavy atom. The van der Waals surface area contributed by atoms with Crippen molar-refractivity contribution in [2.45, 2.75) is 18.7 Å². The first-order valence-electron chi connectivity index (χ1n) is 8.34.